The van der Waals surface area contributed by atoms with Gasteiger partial charge in [0.25, 0.3) is 0 Å². The first-order chi connectivity index (χ1) is 6.71. The molecule has 0 spiro atoms. The highest BCUT2D eigenvalue weighted by molar-refractivity contribution is 5.25. The highest BCUT2D eigenvalue weighted by Gasteiger charge is 2.33. The molecule has 1 atom stereocenters. The number of allylic oxidation sites excluding steroid dienone is 1. The van der Waals surface area contributed by atoms with E-state index in [0.29, 0.717) is 5.92 Å². The van der Waals surface area contributed by atoms with Crippen LogP contribution >= 0.6 is 0 Å². The lowest BCUT2D eigenvalue weighted by Crippen LogP contribution is -2.57. The molecule has 1 fully saturated rings. The molecule has 0 bridgehead atoms. The van der Waals surface area contributed by atoms with Crippen molar-refractivity contribution < 1.29 is 0 Å². The van der Waals surface area contributed by atoms with Gasteiger partial charge in [-0.15, -0.1) is 0 Å². The van der Waals surface area contributed by atoms with Crippen molar-refractivity contribution in [3.8, 4) is 0 Å². The first kappa shape index (κ1) is 9.59. The Morgan fingerprint density at radius 3 is 2.57 bits per heavy atom. The Kier molecular flexibility index (Phi) is 2.50. The van der Waals surface area contributed by atoms with E-state index in [4.69, 9.17) is 11.5 Å². The van der Waals surface area contributed by atoms with Crippen molar-refractivity contribution in [2.75, 3.05) is 0 Å². The first-order valence-electron chi connectivity index (χ1n) is 5.42. The van der Waals surface area contributed by atoms with Crippen LogP contribution in [0.4, 0.5) is 0 Å². The van der Waals surface area contributed by atoms with Crippen LogP contribution < -0.4 is 16.8 Å². The van der Waals surface area contributed by atoms with Crippen LogP contribution in [-0.4, -0.2) is 5.66 Å². The fourth-order valence-electron chi connectivity index (χ4n) is 2.37. The molecule has 0 aromatic carbocycles. The number of hydrogen-bond donors (Lipinski definition) is 3. The van der Waals surface area contributed by atoms with E-state index in [9.17, 15) is 0 Å². The van der Waals surface area contributed by atoms with E-state index >= 15 is 0 Å². The topological polar surface area (TPSA) is 64.1 Å². The number of nitrogens with one attached hydrogen (secondary N) is 1. The average Bonchev–Trinajstić information content (AvgIpc) is 2.24. The van der Waals surface area contributed by atoms with Gasteiger partial charge in [-0.25, -0.2) is 0 Å². The van der Waals surface area contributed by atoms with E-state index in [1.807, 2.05) is 18.4 Å². The molecular weight excluding hydrogens is 174 g/mol. The van der Waals surface area contributed by atoms with Crippen molar-refractivity contribution in [2.24, 2.45) is 17.4 Å². The Labute approximate surface area is 85.2 Å². The molecule has 1 saturated carbocycles. The second kappa shape index (κ2) is 3.65. The number of nitrogens with two attached hydrogens (primary N) is 2. The molecule has 1 heterocycles. The standard InChI is InChI=1S/C11H19N3/c12-10-6-7-11(13,14-8-10)9-4-2-1-3-5-9/h6-9,14H,1-5,12-13H2. The van der Waals surface area contributed by atoms with Gasteiger partial charge in [0.05, 0.1) is 0 Å². The quantitative estimate of drug-likeness (QED) is 0.586. The zero-order chi connectivity index (χ0) is 10.0. The van der Waals surface area contributed by atoms with Crippen LogP contribution in [-0.2, 0) is 0 Å². The van der Waals surface area contributed by atoms with Crippen molar-refractivity contribution in [1.82, 2.24) is 5.32 Å². The SMILES string of the molecule is NC1=CNC(N)(C2CCCCC2)C=C1. The van der Waals surface area contributed by atoms with Crippen LogP contribution in [0.2, 0.25) is 0 Å². The molecular formula is C11H19N3. The third-order valence-corrected chi connectivity index (χ3v) is 3.32. The van der Waals surface area contributed by atoms with Crippen LogP contribution in [0.15, 0.2) is 24.0 Å². The summed E-state index contributed by atoms with van der Waals surface area (Å²) in [5.74, 6) is 0.553. The molecule has 0 radical (unpaired) electrons. The summed E-state index contributed by atoms with van der Waals surface area (Å²) in [6.45, 7) is 0. The van der Waals surface area contributed by atoms with E-state index in [0.717, 1.165) is 5.70 Å². The maximum absolute atomic E-state index is 6.30. The molecule has 2 aliphatic rings. The molecule has 0 aromatic rings. The van der Waals surface area contributed by atoms with Gasteiger partial charge in [-0.05, 0) is 30.9 Å². The Morgan fingerprint density at radius 1 is 1.29 bits per heavy atom. The lowest BCUT2D eigenvalue weighted by atomic mass is 9.79. The molecule has 5 N–H and O–H groups in total. The van der Waals surface area contributed by atoms with E-state index in [-0.39, 0.29) is 5.66 Å². The monoisotopic (exact) mass is 193 g/mol. The van der Waals surface area contributed by atoms with Crippen LogP contribution in [0, 0.1) is 5.92 Å². The summed E-state index contributed by atoms with van der Waals surface area (Å²) in [6.07, 6.45) is 12.1. The van der Waals surface area contributed by atoms with Gasteiger partial charge in [-0.3, -0.25) is 0 Å². The maximum Gasteiger partial charge on any atom is 0.108 e. The van der Waals surface area contributed by atoms with Gasteiger partial charge in [0, 0.05) is 11.9 Å². The number of rotatable bonds is 1. The summed E-state index contributed by atoms with van der Waals surface area (Å²) in [5.41, 5.74) is 12.3. The third kappa shape index (κ3) is 1.77. The van der Waals surface area contributed by atoms with Crippen LogP contribution in [0.5, 0.6) is 0 Å². The smallest absolute Gasteiger partial charge is 0.108 e. The molecule has 3 nitrogen and oxygen atoms in total. The van der Waals surface area contributed by atoms with Gasteiger partial charge in [-0.1, -0.05) is 19.3 Å². The van der Waals surface area contributed by atoms with Crippen LogP contribution in [0.1, 0.15) is 32.1 Å². The average molecular weight is 193 g/mol. The van der Waals surface area contributed by atoms with Gasteiger partial charge in [0.15, 0.2) is 0 Å². The lowest BCUT2D eigenvalue weighted by molar-refractivity contribution is 0.225. The van der Waals surface area contributed by atoms with E-state index in [2.05, 4.69) is 5.32 Å². The molecule has 0 saturated heterocycles. The molecule has 78 valence electrons. The van der Waals surface area contributed by atoms with E-state index in [1.165, 1.54) is 32.1 Å². The zero-order valence-corrected chi connectivity index (χ0v) is 8.50. The van der Waals surface area contributed by atoms with Crippen molar-refractivity contribution >= 4 is 0 Å². The van der Waals surface area contributed by atoms with Gasteiger partial charge in [0.1, 0.15) is 5.66 Å². The predicted octanol–water partition coefficient (Wildman–Crippen LogP) is 1.18. The minimum absolute atomic E-state index is 0.358. The van der Waals surface area contributed by atoms with Crippen molar-refractivity contribution in [3.05, 3.63) is 24.0 Å². The molecule has 2 rings (SSSR count). The fourth-order valence-corrected chi connectivity index (χ4v) is 2.37. The molecule has 0 amide bonds. The van der Waals surface area contributed by atoms with Gasteiger partial charge in [0.2, 0.25) is 0 Å². The minimum Gasteiger partial charge on any atom is -0.398 e. The van der Waals surface area contributed by atoms with Crippen LogP contribution in [0.25, 0.3) is 0 Å². The number of hydrogen-bond acceptors (Lipinski definition) is 3. The van der Waals surface area contributed by atoms with Crippen molar-refractivity contribution in [2.45, 2.75) is 37.8 Å². The summed E-state index contributed by atoms with van der Waals surface area (Å²) >= 11 is 0. The Hall–Kier alpha value is -0.960. The Balaban J connectivity index is 2.05. The Bertz CT molecular complexity index is 264. The van der Waals surface area contributed by atoms with Gasteiger partial charge < -0.3 is 16.8 Å². The molecule has 1 unspecified atom stereocenters. The maximum atomic E-state index is 6.30. The third-order valence-electron chi connectivity index (χ3n) is 3.32. The molecule has 1 aliphatic heterocycles. The van der Waals surface area contributed by atoms with Gasteiger partial charge in [-0.2, -0.15) is 0 Å². The minimum atomic E-state index is -0.358. The largest absolute Gasteiger partial charge is 0.398 e. The normalized spacial score (nSPS) is 33.6. The fraction of sp³-hybridized carbons (Fsp3) is 0.636. The summed E-state index contributed by atoms with van der Waals surface area (Å²) in [5, 5.41) is 3.22. The molecule has 14 heavy (non-hydrogen) atoms. The summed E-state index contributed by atoms with van der Waals surface area (Å²) < 4.78 is 0. The van der Waals surface area contributed by atoms with Crippen molar-refractivity contribution in [1.29, 1.82) is 0 Å². The zero-order valence-electron chi connectivity index (χ0n) is 8.50. The summed E-state index contributed by atoms with van der Waals surface area (Å²) in [6, 6.07) is 0. The van der Waals surface area contributed by atoms with Crippen molar-refractivity contribution in [3.63, 3.8) is 0 Å². The summed E-state index contributed by atoms with van der Waals surface area (Å²) in [4.78, 5) is 0. The van der Waals surface area contributed by atoms with E-state index < -0.39 is 0 Å². The van der Waals surface area contributed by atoms with Crippen LogP contribution in [0.3, 0.4) is 0 Å². The molecule has 1 aliphatic carbocycles. The number of dihydropyridines is 1. The second-order valence-corrected chi connectivity index (χ2v) is 4.39. The first-order valence-corrected chi connectivity index (χ1v) is 5.42. The highest BCUT2D eigenvalue weighted by Crippen LogP contribution is 2.31. The lowest BCUT2D eigenvalue weighted by Gasteiger charge is -2.39. The molecule has 0 aromatic heterocycles. The second-order valence-electron chi connectivity index (χ2n) is 4.39. The Morgan fingerprint density at radius 2 is 2.00 bits per heavy atom. The summed E-state index contributed by atoms with van der Waals surface area (Å²) in [7, 11) is 0. The van der Waals surface area contributed by atoms with Gasteiger partial charge >= 0.3 is 0 Å². The van der Waals surface area contributed by atoms with E-state index in [1.54, 1.807) is 0 Å². The highest BCUT2D eigenvalue weighted by atomic mass is 15.1. The molecule has 3 heteroatoms. The predicted molar refractivity (Wildman–Crippen MR) is 58.0 cm³/mol.